The lowest BCUT2D eigenvalue weighted by Gasteiger charge is -2.34. The van der Waals surface area contributed by atoms with Crippen molar-refractivity contribution in [3.8, 4) is 0 Å². The maximum atomic E-state index is 12.8. The van der Waals surface area contributed by atoms with E-state index in [1.54, 1.807) is 19.3 Å². The Labute approximate surface area is 203 Å². The van der Waals surface area contributed by atoms with Crippen molar-refractivity contribution < 1.29 is 14.1 Å². The van der Waals surface area contributed by atoms with Gasteiger partial charge in [-0.2, -0.15) is 0 Å². The van der Waals surface area contributed by atoms with Gasteiger partial charge in [-0.15, -0.1) is 10.2 Å². The first kappa shape index (κ1) is 22.3. The lowest BCUT2D eigenvalue weighted by atomic mass is 10.3. The van der Waals surface area contributed by atoms with Crippen molar-refractivity contribution in [1.29, 1.82) is 0 Å². The molecule has 0 radical (unpaired) electrons. The van der Waals surface area contributed by atoms with Crippen LogP contribution in [0.1, 0.15) is 5.76 Å². The van der Waals surface area contributed by atoms with Crippen molar-refractivity contribution in [3.63, 3.8) is 0 Å². The number of aromatic nitrogens is 5. The Balaban J connectivity index is 1.10. The molecule has 3 aromatic heterocycles. The first-order chi connectivity index (χ1) is 16.5. The number of carbonyl (C=O) groups is 2. The lowest BCUT2D eigenvalue weighted by molar-refractivity contribution is -0.132. The topological polar surface area (TPSA) is 122 Å². The molecule has 1 fully saturated rings. The Morgan fingerprint density at radius 3 is 2.79 bits per heavy atom. The third-order valence-corrected chi connectivity index (χ3v) is 7.47. The fourth-order valence-corrected chi connectivity index (χ4v) is 5.34. The fourth-order valence-electron chi connectivity index (χ4n) is 3.65. The van der Waals surface area contributed by atoms with Crippen molar-refractivity contribution in [2.24, 2.45) is 0 Å². The number of benzene rings is 1. The van der Waals surface area contributed by atoms with E-state index in [4.69, 9.17) is 4.52 Å². The molecule has 11 nitrogen and oxygen atoms in total. The van der Waals surface area contributed by atoms with Crippen LogP contribution in [0.25, 0.3) is 11.0 Å². The van der Waals surface area contributed by atoms with E-state index >= 15 is 0 Å². The van der Waals surface area contributed by atoms with Crippen LogP contribution < -0.4 is 10.2 Å². The highest BCUT2D eigenvalue weighted by atomic mass is 32.2. The first-order valence-electron chi connectivity index (χ1n) is 10.7. The number of imidazole rings is 1. The quantitative estimate of drug-likeness (QED) is 0.382. The van der Waals surface area contributed by atoms with Crippen LogP contribution in [0.2, 0.25) is 0 Å². The number of hydrogen-bond acceptors (Lipinski definition) is 10. The van der Waals surface area contributed by atoms with Crippen molar-refractivity contribution in [2.45, 2.75) is 17.8 Å². The lowest BCUT2D eigenvalue weighted by Crippen LogP contribution is -2.49. The normalized spacial score (nSPS) is 14.0. The zero-order valence-electron chi connectivity index (χ0n) is 18.4. The van der Waals surface area contributed by atoms with Gasteiger partial charge in [0.15, 0.2) is 10.2 Å². The van der Waals surface area contributed by atoms with E-state index in [0.29, 0.717) is 42.1 Å². The summed E-state index contributed by atoms with van der Waals surface area (Å²) in [5, 5.41) is 15.7. The monoisotopic (exact) mass is 498 g/mol. The molecule has 0 saturated carbocycles. The first-order valence-corrected chi connectivity index (χ1v) is 12.5. The van der Waals surface area contributed by atoms with Crippen LogP contribution in [0.4, 0.5) is 10.9 Å². The number of para-hydroxylation sites is 2. The van der Waals surface area contributed by atoms with Crippen LogP contribution in [0.15, 0.2) is 45.5 Å². The van der Waals surface area contributed by atoms with Crippen LogP contribution in [0.3, 0.4) is 0 Å². The standard InChI is InChI=1S/C21H22N8O3S2/c1-14-10-17(26-32-14)23-18(30)12-33-21-25-24-20(34-21)28-8-6-27(7-9-28)19(31)11-29-13-22-15-4-2-3-5-16(15)29/h2-5,10,13H,6-9,11-12H2,1H3,(H,23,26,30). The summed E-state index contributed by atoms with van der Waals surface area (Å²) in [6.07, 6.45) is 1.71. The Morgan fingerprint density at radius 1 is 1.18 bits per heavy atom. The molecule has 1 saturated heterocycles. The Kier molecular flexibility index (Phi) is 6.45. The largest absolute Gasteiger partial charge is 0.360 e. The van der Waals surface area contributed by atoms with E-state index in [2.05, 4.69) is 30.6 Å². The molecule has 2 amide bonds. The van der Waals surface area contributed by atoms with Crippen molar-refractivity contribution in [1.82, 2.24) is 29.8 Å². The number of rotatable bonds is 7. The molecule has 0 bridgehead atoms. The molecule has 0 unspecified atom stereocenters. The van der Waals surface area contributed by atoms with Gasteiger partial charge >= 0.3 is 0 Å². The van der Waals surface area contributed by atoms with Gasteiger partial charge in [-0.05, 0) is 19.1 Å². The highest BCUT2D eigenvalue weighted by Crippen LogP contribution is 2.28. The van der Waals surface area contributed by atoms with Crippen LogP contribution in [-0.2, 0) is 16.1 Å². The van der Waals surface area contributed by atoms with Crippen LogP contribution in [0.5, 0.6) is 0 Å². The number of piperazine rings is 1. The van der Waals surface area contributed by atoms with Gasteiger partial charge < -0.3 is 24.2 Å². The van der Waals surface area contributed by atoms with E-state index < -0.39 is 0 Å². The van der Waals surface area contributed by atoms with E-state index in [-0.39, 0.29) is 24.1 Å². The number of nitrogens with one attached hydrogen (secondary N) is 1. The average Bonchev–Trinajstić information content (AvgIpc) is 3.58. The maximum Gasteiger partial charge on any atom is 0.242 e. The van der Waals surface area contributed by atoms with Gasteiger partial charge in [0.25, 0.3) is 0 Å². The summed E-state index contributed by atoms with van der Waals surface area (Å²) in [6, 6.07) is 9.45. The summed E-state index contributed by atoms with van der Waals surface area (Å²) >= 11 is 2.77. The molecule has 0 spiro atoms. The van der Waals surface area contributed by atoms with E-state index in [0.717, 1.165) is 16.2 Å². The number of hydrogen-bond donors (Lipinski definition) is 1. The van der Waals surface area contributed by atoms with Crippen LogP contribution in [0, 0.1) is 6.92 Å². The second-order valence-electron chi connectivity index (χ2n) is 7.74. The smallest absolute Gasteiger partial charge is 0.242 e. The third-order valence-electron chi connectivity index (χ3n) is 5.35. The van der Waals surface area contributed by atoms with E-state index in [9.17, 15) is 9.59 Å². The number of fused-ring (bicyclic) bond motifs is 1. The minimum atomic E-state index is -0.187. The summed E-state index contributed by atoms with van der Waals surface area (Å²) in [5.74, 6) is 1.12. The highest BCUT2D eigenvalue weighted by Gasteiger charge is 2.24. The van der Waals surface area contributed by atoms with Gasteiger partial charge in [0.05, 0.1) is 23.1 Å². The number of nitrogens with zero attached hydrogens (tertiary/aromatic N) is 7. The molecule has 0 atom stereocenters. The number of anilines is 2. The van der Waals surface area contributed by atoms with Gasteiger partial charge in [-0.3, -0.25) is 9.59 Å². The SMILES string of the molecule is Cc1cc(NC(=O)CSc2nnc(N3CCN(C(=O)Cn4cnc5ccccc54)CC3)s2)no1. The molecular weight excluding hydrogens is 476 g/mol. The summed E-state index contributed by atoms with van der Waals surface area (Å²) in [4.78, 5) is 33.2. The van der Waals surface area contributed by atoms with Gasteiger partial charge in [0.2, 0.25) is 16.9 Å². The van der Waals surface area contributed by atoms with Gasteiger partial charge in [-0.1, -0.05) is 40.4 Å². The Bertz CT molecular complexity index is 1310. The van der Waals surface area contributed by atoms with Gasteiger partial charge in [0, 0.05) is 32.2 Å². The van der Waals surface area contributed by atoms with Gasteiger partial charge in [0.1, 0.15) is 12.3 Å². The molecule has 13 heteroatoms. The molecule has 5 rings (SSSR count). The summed E-state index contributed by atoms with van der Waals surface area (Å²) in [7, 11) is 0. The Hall–Kier alpha value is -3.45. The zero-order chi connectivity index (χ0) is 23.5. The predicted octanol–water partition coefficient (Wildman–Crippen LogP) is 2.26. The number of thioether (sulfide) groups is 1. The van der Waals surface area contributed by atoms with Crippen molar-refractivity contribution in [2.75, 3.05) is 42.1 Å². The minimum absolute atomic E-state index is 0.0737. The molecule has 4 heterocycles. The van der Waals surface area contributed by atoms with Gasteiger partial charge in [-0.25, -0.2) is 4.98 Å². The molecular formula is C21H22N8O3S2. The second-order valence-corrected chi connectivity index (χ2v) is 9.92. The molecule has 4 aromatic rings. The maximum absolute atomic E-state index is 12.8. The van der Waals surface area contributed by atoms with Crippen molar-refractivity contribution in [3.05, 3.63) is 42.4 Å². The molecule has 34 heavy (non-hydrogen) atoms. The van der Waals surface area contributed by atoms with Crippen LogP contribution >= 0.6 is 23.1 Å². The highest BCUT2D eigenvalue weighted by molar-refractivity contribution is 8.01. The molecule has 1 aliphatic rings. The average molecular weight is 499 g/mol. The number of amides is 2. The second kappa shape index (κ2) is 9.81. The molecule has 0 aliphatic carbocycles. The zero-order valence-corrected chi connectivity index (χ0v) is 20.0. The minimum Gasteiger partial charge on any atom is -0.360 e. The van der Waals surface area contributed by atoms with Crippen LogP contribution in [-0.4, -0.2) is 73.6 Å². The fraction of sp³-hybridized carbons (Fsp3) is 0.333. The number of carbonyl (C=O) groups excluding carboxylic acids is 2. The Morgan fingerprint density at radius 2 is 2.00 bits per heavy atom. The third kappa shape index (κ3) is 5.04. The summed E-state index contributed by atoms with van der Waals surface area (Å²) in [6.45, 7) is 4.64. The van der Waals surface area contributed by atoms with Crippen molar-refractivity contribution >= 4 is 56.9 Å². The summed E-state index contributed by atoms with van der Waals surface area (Å²) < 4.78 is 7.54. The number of aryl methyl sites for hydroxylation is 1. The molecule has 1 aromatic carbocycles. The predicted molar refractivity (Wildman–Crippen MR) is 129 cm³/mol. The molecule has 1 N–H and O–H groups in total. The summed E-state index contributed by atoms with van der Waals surface area (Å²) in [5.41, 5.74) is 1.84. The van der Waals surface area contributed by atoms with E-state index in [1.165, 1.54) is 23.1 Å². The van der Waals surface area contributed by atoms with E-state index in [1.807, 2.05) is 33.7 Å². The molecule has 176 valence electrons. The molecule has 1 aliphatic heterocycles.